The highest BCUT2D eigenvalue weighted by Gasteiger charge is 2.26. The first-order valence-corrected chi connectivity index (χ1v) is 9.29. The summed E-state index contributed by atoms with van der Waals surface area (Å²) >= 11 is 1.53. The van der Waals surface area contributed by atoms with E-state index in [-0.39, 0.29) is 18.0 Å². The molecule has 0 saturated carbocycles. The minimum Gasteiger partial charge on any atom is -0.491 e. The van der Waals surface area contributed by atoms with Gasteiger partial charge in [-0.05, 0) is 32.3 Å². The second kappa shape index (κ2) is 9.65. The summed E-state index contributed by atoms with van der Waals surface area (Å²) in [6.45, 7) is 7.19. The average molecular weight is 349 g/mol. The van der Waals surface area contributed by atoms with Crippen LogP contribution in [0.25, 0.3) is 0 Å². The zero-order chi connectivity index (χ0) is 17.4. The van der Waals surface area contributed by atoms with Crippen LogP contribution < -0.4 is 0 Å². The van der Waals surface area contributed by atoms with Crippen LogP contribution in [-0.2, 0) is 4.74 Å². The highest BCUT2D eigenvalue weighted by Crippen LogP contribution is 2.24. The van der Waals surface area contributed by atoms with E-state index in [2.05, 4.69) is 22.5 Å². The molecule has 1 heterocycles. The summed E-state index contributed by atoms with van der Waals surface area (Å²) in [6.07, 6.45) is 6.44. The molecule has 1 aliphatic heterocycles. The van der Waals surface area contributed by atoms with Crippen LogP contribution >= 0.6 is 11.8 Å². The monoisotopic (exact) mass is 349 g/mol. The average Bonchev–Trinajstić information content (AvgIpc) is 2.56. The van der Waals surface area contributed by atoms with E-state index in [0.717, 1.165) is 31.6 Å². The van der Waals surface area contributed by atoms with Crippen molar-refractivity contribution in [3.05, 3.63) is 36.0 Å². The third-order valence-electron chi connectivity index (χ3n) is 4.00. The standard InChI is InChI=1S/C18H24FN3OS/c1-14(2)21-13-24-12-16(11-20)22-8-6-17(7-9-22)23-18-5-3-4-15(19)10-18/h5,10,13,16-17H,1,3-4,6-9,12H2,2H3. The normalized spacial score (nSPS) is 21.0. The Morgan fingerprint density at radius 2 is 2.38 bits per heavy atom. The molecule has 0 amide bonds. The third-order valence-corrected chi connectivity index (χ3v) is 4.76. The maximum atomic E-state index is 13.3. The SMILES string of the molecule is C=C(C)N=CSCC(C#N)N1CCC(OC2=CCCC(F)=C2)CC1. The number of halogens is 1. The van der Waals surface area contributed by atoms with Crippen LogP contribution in [0.3, 0.4) is 0 Å². The van der Waals surface area contributed by atoms with E-state index in [0.29, 0.717) is 24.4 Å². The summed E-state index contributed by atoms with van der Waals surface area (Å²) < 4.78 is 19.2. The van der Waals surface area contributed by atoms with E-state index in [1.54, 1.807) is 5.55 Å². The third kappa shape index (κ3) is 6.14. The predicted octanol–water partition coefficient (Wildman–Crippen LogP) is 4.19. The zero-order valence-corrected chi connectivity index (χ0v) is 14.9. The van der Waals surface area contributed by atoms with Crippen LogP contribution in [0.1, 0.15) is 32.6 Å². The van der Waals surface area contributed by atoms with Gasteiger partial charge in [-0.3, -0.25) is 9.89 Å². The molecule has 1 unspecified atom stereocenters. The molecule has 0 N–H and O–H groups in total. The fraction of sp³-hybridized carbons (Fsp3) is 0.556. The van der Waals surface area contributed by atoms with Gasteiger partial charge in [-0.25, -0.2) is 4.39 Å². The van der Waals surface area contributed by atoms with Crippen molar-refractivity contribution in [2.24, 2.45) is 4.99 Å². The topological polar surface area (TPSA) is 48.6 Å². The molecule has 1 aliphatic carbocycles. The van der Waals surface area contributed by atoms with Crippen molar-refractivity contribution >= 4 is 17.3 Å². The van der Waals surface area contributed by atoms with Crippen LogP contribution in [0.15, 0.2) is 41.0 Å². The molecule has 0 aromatic carbocycles. The molecule has 1 saturated heterocycles. The number of aliphatic imine (C=N–C) groups is 1. The summed E-state index contributed by atoms with van der Waals surface area (Å²) in [5, 5.41) is 9.39. The quantitative estimate of drug-likeness (QED) is 0.511. The lowest BCUT2D eigenvalue weighted by atomic mass is 10.1. The summed E-state index contributed by atoms with van der Waals surface area (Å²) in [6, 6.07) is 2.25. The molecule has 0 radical (unpaired) electrons. The molecular weight excluding hydrogens is 325 g/mol. The van der Waals surface area contributed by atoms with Gasteiger partial charge in [0, 0.05) is 37.0 Å². The molecule has 0 aromatic heterocycles. The molecule has 1 fully saturated rings. The summed E-state index contributed by atoms with van der Waals surface area (Å²) in [5.41, 5.74) is 2.51. The Hall–Kier alpha value is -1.58. The molecular formula is C18H24FN3OS. The second-order valence-electron chi connectivity index (χ2n) is 6.04. The van der Waals surface area contributed by atoms with Gasteiger partial charge >= 0.3 is 0 Å². The first kappa shape index (κ1) is 18.8. The maximum Gasteiger partial charge on any atom is 0.118 e. The molecule has 24 heavy (non-hydrogen) atoms. The van der Waals surface area contributed by atoms with Gasteiger partial charge < -0.3 is 4.74 Å². The largest absolute Gasteiger partial charge is 0.491 e. The van der Waals surface area contributed by atoms with Crippen molar-refractivity contribution in [1.29, 1.82) is 5.26 Å². The lowest BCUT2D eigenvalue weighted by Gasteiger charge is -2.34. The van der Waals surface area contributed by atoms with Gasteiger partial charge in [0.1, 0.15) is 23.7 Å². The molecule has 0 spiro atoms. The Morgan fingerprint density at radius 1 is 1.62 bits per heavy atom. The maximum absolute atomic E-state index is 13.3. The Kier molecular flexibility index (Phi) is 7.54. The first-order chi connectivity index (χ1) is 11.6. The van der Waals surface area contributed by atoms with Gasteiger partial charge in [-0.2, -0.15) is 5.26 Å². The fourth-order valence-corrected chi connectivity index (χ4v) is 3.51. The number of likely N-dealkylation sites (tertiary alicyclic amines) is 1. The molecule has 2 aliphatic rings. The lowest BCUT2D eigenvalue weighted by molar-refractivity contribution is 0.0494. The van der Waals surface area contributed by atoms with E-state index in [1.165, 1.54) is 17.8 Å². The number of rotatable bonds is 7. The molecule has 130 valence electrons. The minimum absolute atomic E-state index is 0.103. The summed E-state index contributed by atoms with van der Waals surface area (Å²) in [5.74, 6) is 1.24. The van der Waals surface area contributed by atoms with Crippen molar-refractivity contribution < 1.29 is 9.13 Å². The van der Waals surface area contributed by atoms with Crippen LogP contribution in [0.5, 0.6) is 0 Å². The van der Waals surface area contributed by atoms with Gasteiger partial charge in [-0.15, -0.1) is 11.8 Å². The van der Waals surface area contributed by atoms with E-state index >= 15 is 0 Å². The van der Waals surface area contributed by atoms with Crippen molar-refractivity contribution in [2.45, 2.75) is 44.8 Å². The molecule has 6 heteroatoms. The number of piperidine rings is 1. The van der Waals surface area contributed by atoms with Gasteiger partial charge in [-0.1, -0.05) is 6.58 Å². The van der Waals surface area contributed by atoms with Crippen LogP contribution in [-0.4, -0.2) is 41.4 Å². The lowest BCUT2D eigenvalue weighted by Crippen LogP contribution is -2.43. The summed E-state index contributed by atoms with van der Waals surface area (Å²) in [4.78, 5) is 6.30. The zero-order valence-electron chi connectivity index (χ0n) is 14.1. The van der Waals surface area contributed by atoms with Gasteiger partial charge in [0.2, 0.25) is 0 Å². The Labute approximate surface area is 147 Å². The number of nitrogens with zero attached hydrogens (tertiary/aromatic N) is 3. The highest BCUT2D eigenvalue weighted by atomic mass is 32.2. The number of thioether (sulfide) groups is 1. The Balaban J connectivity index is 1.75. The number of hydrogen-bond donors (Lipinski definition) is 0. The molecule has 0 bridgehead atoms. The molecule has 1 atom stereocenters. The number of ether oxygens (including phenoxy) is 1. The first-order valence-electron chi connectivity index (χ1n) is 8.24. The van der Waals surface area contributed by atoms with Gasteiger partial charge in [0.25, 0.3) is 0 Å². The molecule has 4 nitrogen and oxygen atoms in total. The second-order valence-corrected chi connectivity index (χ2v) is 6.92. The van der Waals surface area contributed by atoms with Gasteiger partial charge in [0.15, 0.2) is 0 Å². The fourth-order valence-electron chi connectivity index (χ4n) is 2.70. The van der Waals surface area contributed by atoms with Crippen molar-refractivity contribution in [2.75, 3.05) is 18.8 Å². The molecule has 0 aromatic rings. The summed E-state index contributed by atoms with van der Waals surface area (Å²) in [7, 11) is 0. The van der Waals surface area contributed by atoms with Crippen molar-refractivity contribution in [3.8, 4) is 6.07 Å². The Bertz CT molecular complexity index is 571. The predicted molar refractivity (Wildman–Crippen MR) is 97.4 cm³/mol. The number of hydrogen-bond acceptors (Lipinski definition) is 5. The van der Waals surface area contributed by atoms with Crippen LogP contribution in [0.4, 0.5) is 4.39 Å². The Morgan fingerprint density at radius 3 is 3.00 bits per heavy atom. The van der Waals surface area contributed by atoms with E-state index in [4.69, 9.17) is 4.74 Å². The number of nitriles is 1. The van der Waals surface area contributed by atoms with E-state index < -0.39 is 0 Å². The van der Waals surface area contributed by atoms with Crippen LogP contribution in [0, 0.1) is 11.3 Å². The smallest absolute Gasteiger partial charge is 0.118 e. The van der Waals surface area contributed by atoms with Gasteiger partial charge in [0.05, 0.1) is 11.6 Å². The highest BCUT2D eigenvalue weighted by molar-refractivity contribution is 8.12. The van der Waals surface area contributed by atoms with Crippen molar-refractivity contribution in [1.82, 2.24) is 4.90 Å². The van der Waals surface area contributed by atoms with E-state index in [9.17, 15) is 9.65 Å². The van der Waals surface area contributed by atoms with Crippen molar-refractivity contribution in [3.63, 3.8) is 0 Å². The van der Waals surface area contributed by atoms with E-state index in [1.807, 2.05) is 13.0 Å². The van der Waals surface area contributed by atoms with Crippen LogP contribution in [0.2, 0.25) is 0 Å². The minimum atomic E-state index is -0.126. The number of allylic oxidation sites excluding steroid dienone is 4. The molecule has 2 rings (SSSR count).